The molecule has 10 heteroatoms. The second kappa shape index (κ2) is 12.5. The van der Waals surface area contributed by atoms with Gasteiger partial charge in [-0.2, -0.15) is 0 Å². The molecule has 2 atom stereocenters. The number of fused-ring (bicyclic) bond motifs is 3. The summed E-state index contributed by atoms with van der Waals surface area (Å²) in [6.45, 7) is 7.38. The van der Waals surface area contributed by atoms with Crippen molar-refractivity contribution in [3.63, 3.8) is 0 Å². The van der Waals surface area contributed by atoms with Crippen LogP contribution in [0.25, 0.3) is 11.6 Å². The molecule has 10 nitrogen and oxygen atoms in total. The lowest BCUT2D eigenvalue weighted by atomic mass is 9.75. The Balaban J connectivity index is 1.62. The maximum atomic E-state index is 13.4. The lowest BCUT2D eigenvalue weighted by Crippen LogP contribution is -2.39. The van der Waals surface area contributed by atoms with Gasteiger partial charge in [0.25, 0.3) is 0 Å². The molecule has 3 aliphatic heterocycles. The summed E-state index contributed by atoms with van der Waals surface area (Å²) < 4.78 is 24.2. The second-order valence-electron chi connectivity index (χ2n) is 12.5. The van der Waals surface area contributed by atoms with Gasteiger partial charge in [-0.3, -0.25) is 14.6 Å². The van der Waals surface area contributed by atoms with Gasteiger partial charge in [0.1, 0.15) is 29.1 Å². The first-order valence-corrected chi connectivity index (χ1v) is 15.9. The number of ketones is 1. The minimum atomic E-state index is -1.23. The van der Waals surface area contributed by atoms with E-state index >= 15 is 0 Å². The number of nitrogens with zero attached hydrogens (tertiary/aromatic N) is 1. The van der Waals surface area contributed by atoms with Crippen LogP contribution < -0.4 is 24.8 Å². The maximum Gasteiger partial charge on any atom is 0.375 e. The molecule has 0 unspecified atom stereocenters. The van der Waals surface area contributed by atoms with E-state index in [9.17, 15) is 24.6 Å². The minimum Gasteiger partial charge on any atom is -0.492 e. The standard InChI is InChI=1S/C36H39NO9/c1-5-13-44-32-23-16-28(36(3,4)42)45-31(23)25(18-39)33-30(32)29(24(17-38)34(46-33)35(41)43-6-2)21-8-10-27(40)22(15-21)19-7-9-26-20(14-19)11-12-37-26/h7,9,11,14,17,22,28,39,42H,5-6,8,10,12-13,15-16,18H2,1-4H3/b29-21+/t22-,28-/m0/s1. The Bertz CT molecular complexity index is 1810. The number of aldehydes is 1. The van der Waals surface area contributed by atoms with Crippen LogP contribution in [0, 0.1) is 0 Å². The van der Waals surface area contributed by atoms with Gasteiger partial charge in [0.05, 0.1) is 54.0 Å². The smallest absolute Gasteiger partial charge is 0.375 e. The van der Waals surface area contributed by atoms with Crippen molar-refractivity contribution in [3.05, 3.63) is 67.9 Å². The molecular weight excluding hydrogens is 590 g/mol. The third kappa shape index (κ3) is 5.43. The van der Waals surface area contributed by atoms with Crippen molar-refractivity contribution in [2.75, 3.05) is 19.8 Å². The molecule has 0 bridgehead atoms. The van der Waals surface area contributed by atoms with Gasteiger partial charge in [0.2, 0.25) is 5.76 Å². The van der Waals surface area contributed by atoms with Crippen molar-refractivity contribution in [3.8, 4) is 17.2 Å². The molecule has 0 spiro atoms. The highest BCUT2D eigenvalue weighted by atomic mass is 16.6. The predicted octanol–water partition coefficient (Wildman–Crippen LogP) is 3.15. The number of aliphatic hydroxyl groups excluding tert-OH is 1. The van der Waals surface area contributed by atoms with E-state index in [1.165, 1.54) is 0 Å². The van der Waals surface area contributed by atoms with E-state index in [4.69, 9.17) is 18.9 Å². The van der Waals surface area contributed by atoms with Gasteiger partial charge in [-0.05, 0) is 62.9 Å². The van der Waals surface area contributed by atoms with Crippen LogP contribution in [0.4, 0.5) is 0 Å². The van der Waals surface area contributed by atoms with Crippen LogP contribution in [0.2, 0.25) is 0 Å². The SMILES string of the molecule is CCCOc1c2c(c(CO)c3c1/C(=C1\CCC(=O)[C@H](c4ccc5c(c4)=CCN=5)C1)C(C=O)=C(C(=O)OCC)O3)O[C@H](C(C)(C)O)C2. The van der Waals surface area contributed by atoms with Crippen LogP contribution in [0.3, 0.4) is 0 Å². The highest BCUT2D eigenvalue weighted by Crippen LogP contribution is 2.56. The van der Waals surface area contributed by atoms with Crippen LogP contribution in [0.5, 0.6) is 17.2 Å². The van der Waals surface area contributed by atoms with Crippen LogP contribution in [-0.2, 0) is 32.1 Å². The maximum absolute atomic E-state index is 13.4. The largest absolute Gasteiger partial charge is 0.492 e. The molecule has 242 valence electrons. The molecule has 0 saturated heterocycles. The van der Waals surface area contributed by atoms with Crippen LogP contribution in [0.1, 0.15) is 81.5 Å². The Labute approximate surface area is 267 Å². The van der Waals surface area contributed by atoms with Gasteiger partial charge in [-0.1, -0.05) is 24.6 Å². The molecule has 4 aliphatic rings. The van der Waals surface area contributed by atoms with E-state index in [2.05, 4.69) is 4.99 Å². The Hall–Kier alpha value is -4.28. The zero-order chi connectivity index (χ0) is 32.7. The quantitative estimate of drug-likeness (QED) is 0.316. The van der Waals surface area contributed by atoms with Gasteiger partial charge < -0.3 is 29.2 Å². The number of rotatable bonds is 9. The molecule has 2 aromatic rings. The lowest BCUT2D eigenvalue weighted by Gasteiger charge is -2.32. The zero-order valence-electron chi connectivity index (χ0n) is 26.6. The molecule has 1 saturated carbocycles. The molecule has 0 amide bonds. The average molecular weight is 630 g/mol. The summed E-state index contributed by atoms with van der Waals surface area (Å²) in [5.74, 6) is -0.673. The van der Waals surface area contributed by atoms with Gasteiger partial charge in [0, 0.05) is 29.9 Å². The van der Waals surface area contributed by atoms with Gasteiger partial charge in [-0.15, -0.1) is 0 Å². The number of aliphatic hydroxyl groups is 2. The fraction of sp³-hybridized carbons (Fsp3) is 0.444. The van der Waals surface area contributed by atoms with E-state index in [-0.39, 0.29) is 47.9 Å². The first-order valence-electron chi connectivity index (χ1n) is 15.9. The third-order valence-corrected chi connectivity index (χ3v) is 9.04. The van der Waals surface area contributed by atoms with Crippen molar-refractivity contribution in [1.82, 2.24) is 0 Å². The number of carbonyl (C=O) groups is 3. The molecule has 1 fully saturated rings. The molecule has 2 N–H and O–H groups in total. The van der Waals surface area contributed by atoms with Crippen LogP contribution in [-0.4, -0.2) is 59.7 Å². The fourth-order valence-corrected chi connectivity index (χ4v) is 6.75. The highest BCUT2D eigenvalue weighted by Gasteiger charge is 2.44. The van der Waals surface area contributed by atoms with Crippen molar-refractivity contribution in [1.29, 1.82) is 0 Å². The van der Waals surface area contributed by atoms with Gasteiger partial charge in [-0.25, -0.2) is 4.79 Å². The zero-order valence-corrected chi connectivity index (χ0v) is 26.6. The summed E-state index contributed by atoms with van der Waals surface area (Å²) >= 11 is 0. The van der Waals surface area contributed by atoms with Crippen LogP contribution >= 0.6 is 0 Å². The molecule has 3 heterocycles. The summed E-state index contributed by atoms with van der Waals surface area (Å²) in [5, 5.41) is 23.5. The summed E-state index contributed by atoms with van der Waals surface area (Å²) in [6.07, 6.45) is 3.80. The van der Waals surface area contributed by atoms with Crippen molar-refractivity contribution in [2.24, 2.45) is 4.99 Å². The normalized spacial score (nSPS) is 21.7. The molecule has 1 aliphatic carbocycles. The van der Waals surface area contributed by atoms with E-state index in [1.807, 2.05) is 31.2 Å². The molecule has 2 aromatic carbocycles. The number of ether oxygens (including phenoxy) is 4. The fourth-order valence-electron chi connectivity index (χ4n) is 6.75. The average Bonchev–Trinajstić information content (AvgIpc) is 3.70. The number of hydrogen-bond donors (Lipinski definition) is 2. The molecular formula is C36H39NO9. The van der Waals surface area contributed by atoms with Crippen molar-refractivity contribution in [2.45, 2.75) is 84.0 Å². The summed E-state index contributed by atoms with van der Waals surface area (Å²) in [5.41, 5.74) is 2.19. The molecule has 0 aromatic heterocycles. The monoisotopic (exact) mass is 629 g/mol. The number of hydrogen-bond acceptors (Lipinski definition) is 10. The van der Waals surface area contributed by atoms with E-state index < -0.39 is 30.2 Å². The Morgan fingerprint density at radius 3 is 2.67 bits per heavy atom. The van der Waals surface area contributed by atoms with Crippen LogP contribution in [0.15, 0.2) is 40.1 Å². The Kier molecular flexibility index (Phi) is 8.60. The van der Waals surface area contributed by atoms with E-state index in [1.54, 1.807) is 20.8 Å². The number of carbonyl (C=O) groups excluding carboxylic acids is 3. The molecule has 46 heavy (non-hydrogen) atoms. The highest BCUT2D eigenvalue weighted by molar-refractivity contribution is 6.11. The third-order valence-electron chi connectivity index (χ3n) is 9.04. The van der Waals surface area contributed by atoms with Gasteiger partial charge >= 0.3 is 5.97 Å². The van der Waals surface area contributed by atoms with E-state index in [0.717, 1.165) is 21.7 Å². The van der Waals surface area contributed by atoms with Gasteiger partial charge in [0.15, 0.2) is 6.29 Å². The Morgan fingerprint density at radius 1 is 1.17 bits per heavy atom. The molecule has 0 radical (unpaired) electrons. The molecule has 6 rings (SSSR count). The predicted molar refractivity (Wildman–Crippen MR) is 168 cm³/mol. The van der Waals surface area contributed by atoms with Crippen molar-refractivity contribution < 1.29 is 43.5 Å². The van der Waals surface area contributed by atoms with Crippen molar-refractivity contribution >= 4 is 29.7 Å². The number of allylic oxidation sites excluding steroid dienone is 3. The topological polar surface area (TPSA) is 141 Å². The lowest BCUT2D eigenvalue weighted by molar-refractivity contribution is -0.141. The second-order valence-corrected chi connectivity index (χ2v) is 12.5. The summed E-state index contributed by atoms with van der Waals surface area (Å²) in [7, 11) is 0. The number of esters is 1. The Morgan fingerprint density at radius 2 is 1.98 bits per heavy atom. The minimum absolute atomic E-state index is 0.00160. The first-order chi connectivity index (χ1) is 22.1. The summed E-state index contributed by atoms with van der Waals surface area (Å²) in [4.78, 5) is 44.2. The summed E-state index contributed by atoms with van der Waals surface area (Å²) in [6, 6.07) is 5.85. The number of Topliss-reactive ketones (excluding diaryl/α,β-unsaturated/α-hetero) is 1. The number of benzene rings is 2. The van der Waals surface area contributed by atoms with E-state index in [0.29, 0.717) is 66.9 Å². The first kappa shape index (κ1) is 31.7.